The molecule has 3 heteroatoms. The average Bonchev–Trinajstić information content (AvgIpc) is 2.29. The summed E-state index contributed by atoms with van der Waals surface area (Å²) >= 11 is 5.95. The highest BCUT2D eigenvalue weighted by Gasteiger charge is 2.05. The fourth-order valence-electron chi connectivity index (χ4n) is 1.86. The topological polar surface area (TPSA) is 16.1 Å². The van der Waals surface area contributed by atoms with Crippen LogP contribution < -0.4 is 4.90 Å². The van der Waals surface area contributed by atoms with Crippen molar-refractivity contribution in [1.29, 1.82) is 0 Å². The molecule has 0 spiro atoms. The molecular weight excluding hydrogens is 232 g/mol. The number of aryl methyl sites for hydroxylation is 1. The van der Waals surface area contributed by atoms with Crippen LogP contribution >= 0.6 is 11.6 Å². The second-order valence-electron chi connectivity index (χ2n) is 4.11. The van der Waals surface area contributed by atoms with E-state index >= 15 is 0 Å². The first kappa shape index (κ1) is 11.9. The lowest BCUT2D eigenvalue weighted by Gasteiger charge is -2.20. The van der Waals surface area contributed by atoms with E-state index < -0.39 is 0 Å². The monoisotopic (exact) mass is 246 g/mol. The van der Waals surface area contributed by atoms with E-state index in [1.807, 2.05) is 18.2 Å². The van der Waals surface area contributed by atoms with Crippen molar-refractivity contribution in [3.63, 3.8) is 0 Å². The summed E-state index contributed by atoms with van der Waals surface area (Å²) in [5.41, 5.74) is 3.45. The molecule has 0 N–H and O–H groups in total. The van der Waals surface area contributed by atoms with Crippen molar-refractivity contribution in [3.8, 4) is 0 Å². The minimum absolute atomic E-state index is 0.730. The van der Waals surface area contributed by atoms with E-state index in [4.69, 9.17) is 11.6 Å². The highest BCUT2D eigenvalue weighted by atomic mass is 35.5. The number of pyridine rings is 1. The predicted octanol–water partition coefficient (Wildman–Crippen LogP) is 3.68. The van der Waals surface area contributed by atoms with Crippen LogP contribution in [0.25, 0.3) is 0 Å². The molecule has 2 rings (SSSR count). The van der Waals surface area contributed by atoms with Crippen molar-refractivity contribution >= 4 is 17.3 Å². The molecule has 1 aromatic heterocycles. The second kappa shape index (κ2) is 5.19. The third-order valence-electron chi connectivity index (χ3n) is 2.70. The summed E-state index contributed by atoms with van der Waals surface area (Å²) in [5.74, 6) is 0. The molecule has 0 atom stereocenters. The summed E-state index contributed by atoms with van der Waals surface area (Å²) in [6.07, 6.45) is 1.74. The highest BCUT2D eigenvalue weighted by molar-refractivity contribution is 6.30. The van der Waals surface area contributed by atoms with E-state index in [9.17, 15) is 0 Å². The molecule has 0 aliphatic carbocycles. The third-order valence-corrected chi connectivity index (χ3v) is 2.94. The molecule has 0 aliphatic rings. The number of benzene rings is 1. The van der Waals surface area contributed by atoms with Gasteiger partial charge in [0.25, 0.3) is 0 Å². The Morgan fingerprint density at radius 2 is 2.00 bits per heavy atom. The van der Waals surface area contributed by atoms with Crippen LogP contribution in [0.4, 0.5) is 5.69 Å². The van der Waals surface area contributed by atoms with Gasteiger partial charge in [0.15, 0.2) is 0 Å². The summed E-state index contributed by atoms with van der Waals surface area (Å²) in [6, 6.07) is 12.0. The van der Waals surface area contributed by atoms with Gasteiger partial charge in [-0.1, -0.05) is 29.8 Å². The lowest BCUT2D eigenvalue weighted by atomic mass is 10.2. The van der Waals surface area contributed by atoms with Crippen LogP contribution in [0.1, 0.15) is 11.3 Å². The molecule has 2 aromatic rings. The molecule has 2 nitrogen and oxygen atoms in total. The lowest BCUT2D eigenvalue weighted by Crippen LogP contribution is -2.18. The Morgan fingerprint density at radius 3 is 2.71 bits per heavy atom. The van der Waals surface area contributed by atoms with Gasteiger partial charge in [-0.05, 0) is 30.7 Å². The maximum Gasteiger partial charge on any atom is 0.0611 e. The smallest absolute Gasteiger partial charge is 0.0611 e. The summed E-state index contributed by atoms with van der Waals surface area (Å²) in [6.45, 7) is 2.86. The Hall–Kier alpha value is -1.54. The van der Waals surface area contributed by atoms with Crippen LogP contribution in [-0.2, 0) is 6.54 Å². The van der Waals surface area contributed by atoms with Gasteiger partial charge >= 0.3 is 0 Å². The van der Waals surface area contributed by atoms with Gasteiger partial charge in [0.1, 0.15) is 0 Å². The zero-order chi connectivity index (χ0) is 12.3. The number of halogens is 1. The third kappa shape index (κ3) is 2.98. The number of rotatable bonds is 3. The minimum atomic E-state index is 0.730. The van der Waals surface area contributed by atoms with Crippen LogP contribution in [-0.4, -0.2) is 12.0 Å². The lowest BCUT2D eigenvalue weighted by molar-refractivity contribution is 0.881. The van der Waals surface area contributed by atoms with Crippen LogP contribution in [0.15, 0.2) is 42.6 Å². The molecule has 88 valence electrons. The van der Waals surface area contributed by atoms with Crippen LogP contribution in [0.3, 0.4) is 0 Å². The van der Waals surface area contributed by atoms with Crippen LogP contribution in [0.2, 0.25) is 5.02 Å². The Balaban J connectivity index is 2.17. The fraction of sp³-hybridized carbons (Fsp3) is 0.214. The SMILES string of the molecule is Cc1ccccc1N(C)Cc1cc(Cl)ccn1. The van der Waals surface area contributed by atoms with Gasteiger partial charge in [-0.15, -0.1) is 0 Å². The van der Waals surface area contributed by atoms with E-state index in [2.05, 4.69) is 36.0 Å². The highest BCUT2D eigenvalue weighted by Crippen LogP contribution is 2.20. The van der Waals surface area contributed by atoms with Gasteiger partial charge < -0.3 is 4.90 Å². The van der Waals surface area contributed by atoms with Gasteiger partial charge in [0.2, 0.25) is 0 Å². The summed E-state index contributed by atoms with van der Waals surface area (Å²) in [4.78, 5) is 6.48. The van der Waals surface area contributed by atoms with Gasteiger partial charge in [-0.3, -0.25) is 4.98 Å². The molecule has 0 unspecified atom stereocenters. The van der Waals surface area contributed by atoms with Crippen molar-refractivity contribution in [2.24, 2.45) is 0 Å². The summed E-state index contributed by atoms with van der Waals surface area (Å²) in [5, 5.41) is 0.730. The molecule has 17 heavy (non-hydrogen) atoms. The van der Waals surface area contributed by atoms with E-state index in [1.165, 1.54) is 11.3 Å². The van der Waals surface area contributed by atoms with Gasteiger partial charge in [0, 0.05) is 24.0 Å². The van der Waals surface area contributed by atoms with E-state index in [-0.39, 0.29) is 0 Å². The zero-order valence-corrected chi connectivity index (χ0v) is 10.8. The molecule has 1 heterocycles. The molecular formula is C14H15ClN2. The zero-order valence-electron chi connectivity index (χ0n) is 10.0. The number of nitrogens with zero attached hydrogens (tertiary/aromatic N) is 2. The van der Waals surface area contributed by atoms with Gasteiger partial charge in [0.05, 0.1) is 12.2 Å². The van der Waals surface area contributed by atoms with Crippen molar-refractivity contribution in [3.05, 3.63) is 58.9 Å². The summed E-state index contributed by atoms with van der Waals surface area (Å²) in [7, 11) is 2.06. The normalized spacial score (nSPS) is 10.3. The number of aromatic nitrogens is 1. The maximum atomic E-state index is 5.95. The second-order valence-corrected chi connectivity index (χ2v) is 4.54. The number of hydrogen-bond donors (Lipinski definition) is 0. The van der Waals surface area contributed by atoms with Crippen molar-refractivity contribution < 1.29 is 0 Å². The molecule has 0 saturated heterocycles. The molecule has 1 aromatic carbocycles. The standard InChI is InChI=1S/C14H15ClN2/c1-11-5-3-4-6-14(11)17(2)10-13-9-12(15)7-8-16-13/h3-9H,10H2,1-2H3. The Labute approximate surface area is 107 Å². The molecule has 0 radical (unpaired) electrons. The minimum Gasteiger partial charge on any atom is -0.368 e. The molecule has 0 bridgehead atoms. The Morgan fingerprint density at radius 1 is 1.24 bits per heavy atom. The molecule has 0 fully saturated rings. The van der Waals surface area contributed by atoms with E-state index in [0.717, 1.165) is 17.3 Å². The molecule has 0 aliphatic heterocycles. The number of para-hydroxylation sites is 1. The van der Waals surface area contributed by atoms with Crippen molar-refractivity contribution in [2.45, 2.75) is 13.5 Å². The Kier molecular flexibility index (Phi) is 3.64. The Bertz CT molecular complexity index is 511. The van der Waals surface area contributed by atoms with Gasteiger partial charge in [-0.25, -0.2) is 0 Å². The quantitative estimate of drug-likeness (QED) is 0.821. The number of anilines is 1. The fourth-order valence-corrected chi connectivity index (χ4v) is 2.04. The number of hydrogen-bond acceptors (Lipinski definition) is 2. The largest absolute Gasteiger partial charge is 0.368 e. The van der Waals surface area contributed by atoms with Gasteiger partial charge in [-0.2, -0.15) is 0 Å². The van der Waals surface area contributed by atoms with Crippen LogP contribution in [0, 0.1) is 6.92 Å². The first-order chi connectivity index (χ1) is 8.16. The maximum absolute atomic E-state index is 5.95. The average molecular weight is 247 g/mol. The first-order valence-corrected chi connectivity index (χ1v) is 5.92. The summed E-state index contributed by atoms with van der Waals surface area (Å²) < 4.78 is 0. The van der Waals surface area contributed by atoms with E-state index in [0.29, 0.717) is 0 Å². The molecule has 0 saturated carbocycles. The van der Waals surface area contributed by atoms with E-state index in [1.54, 1.807) is 12.3 Å². The van der Waals surface area contributed by atoms with Crippen molar-refractivity contribution in [2.75, 3.05) is 11.9 Å². The molecule has 0 amide bonds. The van der Waals surface area contributed by atoms with Crippen LogP contribution in [0.5, 0.6) is 0 Å². The predicted molar refractivity (Wildman–Crippen MR) is 72.5 cm³/mol. The van der Waals surface area contributed by atoms with Crippen molar-refractivity contribution in [1.82, 2.24) is 4.98 Å². The first-order valence-electron chi connectivity index (χ1n) is 5.54.